The molecule has 35 heavy (non-hydrogen) atoms. The maximum absolute atomic E-state index is 13.3. The molecule has 7 heteroatoms. The highest BCUT2D eigenvalue weighted by Gasteiger charge is 2.17. The predicted octanol–water partition coefficient (Wildman–Crippen LogP) is 7.42. The summed E-state index contributed by atoms with van der Waals surface area (Å²) >= 11 is 5.12. The van der Waals surface area contributed by atoms with Crippen LogP contribution in [0.5, 0.6) is 0 Å². The molecule has 0 saturated carbocycles. The maximum atomic E-state index is 13.3. The van der Waals surface area contributed by atoms with Crippen molar-refractivity contribution in [1.29, 1.82) is 0 Å². The zero-order valence-corrected chi connectivity index (χ0v) is 24.2. The molecule has 0 aromatic carbocycles. The Bertz CT molecular complexity index is 885. The van der Waals surface area contributed by atoms with Crippen LogP contribution in [-0.2, 0) is 4.79 Å². The molecule has 0 spiro atoms. The second-order valence-corrected chi connectivity index (χ2v) is 10.4. The van der Waals surface area contributed by atoms with Gasteiger partial charge in [0.1, 0.15) is 5.83 Å². The number of nitrogens with zero attached hydrogens (tertiary/aromatic N) is 1. The SMILES string of the molecule is C=C/C(Br)=C\C(CSC(=C)/C(=C\C=C/C(=C)F)C(CC(C)C(C)C)=NCCCNC=O)=C(/C)NC. The van der Waals surface area contributed by atoms with Gasteiger partial charge in [0.15, 0.2) is 0 Å². The summed E-state index contributed by atoms with van der Waals surface area (Å²) in [5.41, 5.74) is 3.97. The summed E-state index contributed by atoms with van der Waals surface area (Å²) in [4.78, 5) is 16.3. The molecule has 0 aromatic heterocycles. The summed E-state index contributed by atoms with van der Waals surface area (Å²) < 4.78 is 14.2. The van der Waals surface area contributed by atoms with E-state index in [9.17, 15) is 9.18 Å². The van der Waals surface area contributed by atoms with Crippen molar-refractivity contribution in [2.24, 2.45) is 16.8 Å². The molecule has 0 rings (SSSR count). The van der Waals surface area contributed by atoms with Crippen molar-refractivity contribution in [2.45, 2.75) is 40.5 Å². The van der Waals surface area contributed by atoms with E-state index in [4.69, 9.17) is 4.99 Å². The van der Waals surface area contributed by atoms with E-state index in [1.807, 2.05) is 26.1 Å². The Labute approximate surface area is 224 Å². The van der Waals surface area contributed by atoms with Gasteiger partial charge in [-0.25, -0.2) is 4.39 Å². The van der Waals surface area contributed by atoms with Crippen LogP contribution in [0, 0.1) is 11.8 Å². The van der Waals surface area contributed by atoms with Crippen molar-refractivity contribution in [3.8, 4) is 0 Å². The molecule has 0 aliphatic heterocycles. The molecule has 0 fully saturated rings. The summed E-state index contributed by atoms with van der Waals surface area (Å²) in [7, 11) is 1.89. The van der Waals surface area contributed by atoms with E-state index in [2.05, 4.69) is 67.1 Å². The highest BCUT2D eigenvalue weighted by atomic mass is 79.9. The fraction of sp³-hybridized carbons (Fsp3) is 0.429. The third-order valence-electron chi connectivity index (χ3n) is 5.44. The van der Waals surface area contributed by atoms with E-state index in [0.29, 0.717) is 37.1 Å². The molecule has 0 aromatic rings. The van der Waals surface area contributed by atoms with Gasteiger partial charge in [0.05, 0.1) is 0 Å². The van der Waals surface area contributed by atoms with Gasteiger partial charge in [0.2, 0.25) is 6.41 Å². The normalized spacial score (nSPS) is 14.6. The lowest BCUT2D eigenvalue weighted by Crippen LogP contribution is -2.16. The van der Waals surface area contributed by atoms with Gasteiger partial charge in [-0.05, 0) is 49.3 Å². The average Bonchev–Trinajstić information content (AvgIpc) is 2.82. The summed E-state index contributed by atoms with van der Waals surface area (Å²) in [5.74, 6) is 1.05. The van der Waals surface area contributed by atoms with Crippen LogP contribution in [0.1, 0.15) is 40.5 Å². The summed E-state index contributed by atoms with van der Waals surface area (Å²) in [6.45, 7) is 21.2. The number of halogens is 2. The first-order valence-corrected chi connectivity index (χ1v) is 13.5. The van der Waals surface area contributed by atoms with Crippen LogP contribution in [-0.4, -0.2) is 38.0 Å². The number of aliphatic imine (C=N–C) groups is 1. The molecule has 0 aliphatic carbocycles. The Morgan fingerprint density at radius 3 is 2.49 bits per heavy atom. The lowest BCUT2D eigenvalue weighted by molar-refractivity contribution is -0.109. The minimum atomic E-state index is -0.512. The van der Waals surface area contributed by atoms with Crippen LogP contribution in [0.25, 0.3) is 0 Å². The number of thioether (sulfide) groups is 1. The van der Waals surface area contributed by atoms with Gasteiger partial charge in [0, 0.05) is 52.3 Å². The molecule has 194 valence electrons. The van der Waals surface area contributed by atoms with Crippen molar-refractivity contribution in [1.82, 2.24) is 10.6 Å². The summed E-state index contributed by atoms with van der Waals surface area (Å²) in [5, 5.41) is 5.88. The number of amides is 1. The standard InChI is InChI=1S/C28H41BrFN3OS/c1-9-26(29)17-25(23(6)31-8)18-35-24(7)27(13-10-12-22(5)30)28(16-21(4)20(2)3)33-15-11-14-32-19-34/h9-10,12-13,17,19-21,31H,1,5,7,11,14-16,18H2,2-4,6,8H3,(H,32,34)/b12-10-,25-23-,26-17+,27-13+,33-28?. The Hall–Kier alpha value is -2.12. The quantitative estimate of drug-likeness (QED) is 0.0786. The number of hydrogen-bond donors (Lipinski definition) is 2. The molecular weight excluding hydrogens is 525 g/mol. The van der Waals surface area contributed by atoms with Crippen LogP contribution in [0.2, 0.25) is 0 Å². The fourth-order valence-electron chi connectivity index (χ4n) is 2.74. The predicted molar refractivity (Wildman–Crippen MR) is 158 cm³/mol. The second kappa shape index (κ2) is 19.1. The molecule has 4 nitrogen and oxygen atoms in total. The van der Waals surface area contributed by atoms with Crippen molar-refractivity contribution in [3.63, 3.8) is 0 Å². The van der Waals surface area contributed by atoms with Crippen molar-refractivity contribution in [3.05, 3.63) is 82.2 Å². The first kappa shape index (κ1) is 32.9. The summed E-state index contributed by atoms with van der Waals surface area (Å²) in [6.07, 6.45) is 10.8. The van der Waals surface area contributed by atoms with Crippen molar-refractivity contribution >= 4 is 39.8 Å². The van der Waals surface area contributed by atoms with Gasteiger partial charge in [0.25, 0.3) is 0 Å². The number of carbonyl (C=O) groups is 1. The molecule has 0 aliphatic rings. The third kappa shape index (κ3) is 14.8. The zero-order valence-electron chi connectivity index (χ0n) is 21.8. The minimum Gasteiger partial charge on any atom is -0.391 e. The molecular formula is C28H41BrFN3OS. The Kier molecular flexibility index (Phi) is 18.0. The average molecular weight is 567 g/mol. The van der Waals surface area contributed by atoms with Gasteiger partial charge >= 0.3 is 0 Å². The highest BCUT2D eigenvalue weighted by molar-refractivity contribution is 9.11. The van der Waals surface area contributed by atoms with E-state index >= 15 is 0 Å². The molecule has 0 saturated heterocycles. The summed E-state index contributed by atoms with van der Waals surface area (Å²) in [6, 6.07) is 0. The van der Waals surface area contributed by atoms with Crippen LogP contribution < -0.4 is 10.6 Å². The molecule has 0 radical (unpaired) electrons. The van der Waals surface area contributed by atoms with E-state index in [1.165, 1.54) is 6.08 Å². The van der Waals surface area contributed by atoms with Gasteiger partial charge < -0.3 is 10.6 Å². The monoisotopic (exact) mass is 565 g/mol. The van der Waals surface area contributed by atoms with Crippen molar-refractivity contribution < 1.29 is 9.18 Å². The molecule has 1 amide bonds. The Morgan fingerprint density at radius 2 is 1.94 bits per heavy atom. The van der Waals surface area contributed by atoms with E-state index in [-0.39, 0.29) is 0 Å². The van der Waals surface area contributed by atoms with Gasteiger partial charge in [-0.2, -0.15) is 0 Å². The van der Waals surface area contributed by atoms with Gasteiger partial charge in [-0.1, -0.05) is 74.7 Å². The van der Waals surface area contributed by atoms with Crippen LogP contribution in [0.15, 0.2) is 87.2 Å². The molecule has 1 unspecified atom stereocenters. The highest BCUT2D eigenvalue weighted by Crippen LogP contribution is 2.30. The molecule has 2 N–H and O–H groups in total. The van der Waals surface area contributed by atoms with Gasteiger partial charge in [-0.3, -0.25) is 9.79 Å². The third-order valence-corrected chi connectivity index (χ3v) is 7.01. The lowest BCUT2D eigenvalue weighted by atomic mass is 9.90. The molecule has 1 atom stereocenters. The minimum absolute atomic E-state index is 0.400. The number of nitrogens with one attached hydrogen (secondary N) is 2. The van der Waals surface area contributed by atoms with Crippen LogP contribution in [0.3, 0.4) is 0 Å². The molecule has 0 heterocycles. The van der Waals surface area contributed by atoms with E-state index in [0.717, 1.165) is 44.8 Å². The fourth-order valence-corrected chi connectivity index (χ4v) is 3.99. The Balaban J connectivity index is 6.13. The number of carbonyl (C=O) groups excluding carboxylic acids is 1. The smallest absolute Gasteiger partial charge is 0.207 e. The first-order valence-electron chi connectivity index (χ1n) is 11.7. The number of allylic oxidation sites excluding steroid dienone is 9. The van der Waals surface area contributed by atoms with Crippen molar-refractivity contribution in [2.75, 3.05) is 25.9 Å². The molecule has 0 bridgehead atoms. The number of rotatable bonds is 18. The van der Waals surface area contributed by atoms with Gasteiger partial charge in [-0.15, -0.1) is 11.8 Å². The van der Waals surface area contributed by atoms with Crippen LogP contribution >= 0.6 is 27.7 Å². The van der Waals surface area contributed by atoms with E-state index < -0.39 is 5.83 Å². The van der Waals surface area contributed by atoms with Crippen LogP contribution in [0.4, 0.5) is 4.39 Å². The zero-order chi connectivity index (χ0) is 26.8. The lowest BCUT2D eigenvalue weighted by Gasteiger charge is -2.20. The first-order chi connectivity index (χ1) is 16.6. The largest absolute Gasteiger partial charge is 0.391 e. The van der Waals surface area contributed by atoms with E-state index in [1.54, 1.807) is 23.9 Å². The number of hydrogen-bond acceptors (Lipinski definition) is 4. The topological polar surface area (TPSA) is 53.5 Å². The maximum Gasteiger partial charge on any atom is 0.207 e. The Morgan fingerprint density at radius 1 is 1.26 bits per heavy atom. The second-order valence-electron chi connectivity index (χ2n) is 8.41.